The van der Waals surface area contributed by atoms with Crippen LogP contribution in [-0.2, 0) is 11.8 Å². The molecule has 1 unspecified atom stereocenters. The maximum atomic E-state index is 11.8. The van der Waals surface area contributed by atoms with Crippen LogP contribution < -0.4 is 5.32 Å². The highest BCUT2D eigenvalue weighted by Crippen LogP contribution is 2.28. The van der Waals surface area contributed by atoms with Crippen LogP contribution in [0.2, 0.25) is 0 Å². The lowest BCUT2D eigenvalue weighted by atomic mass is 10.0. The molecule has 2 aromatic rings. The Bertz CT molecular complexity index is 556. The third-order valence-corrected chi connectivity index (χ3v) is 3.28. The maximum absolute atomic E-state index is 11.8. The molecule has 1 N–H and O–H groups in total. The van der Waals surface area contributed by atoms with Gasteiger partial charge in [-0.05, 0) is 6.07 Å². The minimum absolute atomic E-state index is 0.105. The number of ketones is 1. The summed E-state index contributed by atoms with van der Waals surface area (Å²) in [6.45, 7) is 0.798. The number of aromatic nitrogens is 1. The highest BCUT2D eigenvalue weighted by atomic mass is 16.1. The number of para-hydroxylation sites is 1. The van der Waals surface area contributed by atoms with Gasteiger partial charge in [-0.15, -0.1) is 0 Å². The quantitative estimate of drug-likeness (QED) is 0.785. The van der Waals surface area contributed by atoms with E-state index >= 15 is 0 Å². The molecule has 2 heterocycles. The van der Waals surface area contributed by atoms with Gasteiger partial charge in [-0.3, -0.25) is 4.79 Å². The molecular formula is C13H14N2O. The van der Waals surface area contributed by atoms with Crippen LogP contribution in [0, 0.1) is 0 Å². The fraction of sp³-hybridized carbons (Fsp3) is 0.308. The van der Waals surface area contributed by atoms with E-state index in [1.165, 1.54) is 10.9 Å². The fourth-order valence-corrected chi connectivity index (χ4v) is 2.48. The first kappa shape index (κ1) is 9.60. The van der Waals surface area contributed by atoms with Gasteiger partial charge in [0.25, 0.3) is 0 Å². The van der Waals surface area contributed by atoms with Crippen LogP contribution in [0.5, 0.6) is 0 Å². The van der Waals surface area contributed by atoms with Crippen LogP contribution in [0.4, 0.5) is 0 Å². The summed E-state index contributed by atoms with van der Waals surface area (Å²) < 4.78 is 2.08. The summed E-state index contributed by atoms with van der Waals surface area (Å²) in [7, 11) is 2.02. The van der Waals surface area contributed by atoms with Crippen molar-refractivity contribution in [1.29, 1.82) is 0 Å². The third kappa shape index (κ3) is 1.28. The maximum Gasteiger partial charge on any atom is 0.155 e. The number of Topliss-reactive ketones (excluding diaryl/α,β-unsaturated/α-hetero) is 1. The van der Waals surface area contributed by atoms with Gasteiger partial charge < -0.3 is 9.88 Å². The van der Waals surface area contributed by atoms with Gasteiger partial charge in [0.15, 0.2) is 5.78 Å². The van der Waals surface area contributed by atoms with Crippen molar-refractivity contribution in [2.75, 3.05) is 6.54 Å². The average molecular weight is 214 g/mol. The Balaban J connectivity index is 2.20. The molecular weight excluding hydrogens is 200 g/mol. The summed E-state index contributed by atoms with van der Waals surface area (Å²) in [6.07, 6.45) is 2.71. The van der Waals surface area contributed by atoms with E-state index in [0.29, 0.717) is 12.2 Å². The van der Waals surface area contributed by atoms with E-state index in [9.17, 15) is 4.79 Å². The van der Waals surface area contributed by atoms with Gasteiger partial charge in [-0.25, -0.2) is 0 Å². The van der Waals surface area contributed by atoms with E-state index in [1.54, 1.807) is 0 Å². The molecule has 1 atom stereocenters. The van der Waals surface area contributed by atoms with Crippen molar-refractivity contribution in [1.82, 2.24) is 9.88 Å². The smallest absolute Gasteiger partial charge is 0.155 e. The normalized spacial score (nSPS) is 20.8. The number of hydrogen-bond acceptors (Lipinski definition) is 2. The lowest BCUT2D eigenvalue weighted by Crippen LogP contribution is -2.17. The van der Waals surface area contributed by atoms with Crippen LogP contribution >= 0.6 is 0 Å². The molecule has 0 aliphatic carbocycles. The Morgan fingerprint density at radius 1 is 1.38 bits per heavy atom. The number of carbonyl (C=O) groups is 1. The Kier molecular flexibility index (Phi) is 2.07. The molecule has 1 fully saturated rings. The molecule has 1 aromatic carbocycles. The summed E-state index contributed by atoms with van der Waals surface area (Å²) in [4.78, 5) is 11.8. The van der Waals surface area contributed by atoms with Gasteiger partial charge in [0.2, 0.25) is 0 Å². The predicted molar refractivity (Wildman–Crippen MR) is 63.3 cm³/mol. The number of nitrogens with zero attached hydrogens (tertiary/aromatic N) is 1. The number of benzene rings is 1. The highest BCUT2D eigenvalue weighted by molar-refractivity contribution is 5.94. The molecule has 0 spiro atoms. The van der Waals surface area contributed by atoms with Crippen LogP contribution in [-0.4, -0.2) is 16.9 Å². The Morgan fingerprint density at radius 3 is 2.94 bits per heavy atom. The Hall–Kier alpha value is -1.61. The summed E-state index contributed by atoms with van der Waals surface area (Å²) in [5.41, 5.74) is 2.29. The molecule has 0 saturated carbocycles. The lowest BCUT2D eigenvalue weighted by Gasteiger charge is -2.06. The van der Waals surface area contributed by atoms with Gasteiger partial charge in [-0.2, -0.15) is 0 Å². The zero-order valence-electron chi connectivity index (χ0n) is 9.23. The number of aryl methyl sites for hydroxylation is 1. The molecule has 3 rings (SSSR count). The summed E-state index contributed by atoms with van der Waals surface area (Å²) in [5, 5.41) is 4.44. The number of fused-ring (bicyclic) bond motifs is 1. The Labute approximate surface area is 94.1 Å². The molecule has 1 aromatic heterocycles. The second-order valence-electron chi connectivity index (χ2n) is 4.32. The molecule has 1 aliphatic heterocycles. The standard InChI is InChI=1S/C13H14N2O/c1-15-8-10(13-12(16)6-7-14-13)9-4-2-3-5-11(9)15/h2-5,8,13-14H,6-7H2,1H3. The summed E-state index contributed by atoms with van der Waals surface area (Å²) in [5.74, 6) is 0.302. The van der Waals surface area contributed by atoms with E-state index in [4.69, 9.17) is 0 Å². The van der Waals surface area contributed by atoms with Crippen LogP contribution in [0.15, 0.2) is 30.5 Å². The first-order chi connectivity index (χ1) is 7.77. The van der Waals surface area contributed by atoms with E-state index in [-0.39, 0.29) is 6.04 Å². The van der Waals surface area contributed by atoms with Crippen molar-refractivity contribution < 1.29 is 4.79 Å². The van der Waals surface area contributed by atoms with E-state index < -0.39 is 0 Å². The molecule has 16 heavy (non-hydrogen) atoms. The number of rotatable bonds is 1. The van der Waals surface area contributed by atoms with Crippen molar-refractivity contribution in [3.63, 3.8) is 0 Å². The Morgan fingerprint density at radius 2 is 2.19 bits per heavy atom. The van der Waals surface area contributed by atoms with Crippen LogP contribution in [0.25, 0.3) is 10.9 Å². The zero-order valence-corrected chi connectivity index (χ0v) is 9.23. The van der Waals surface area contributed by atoms with Crippen molar-refractivity contribution in [3.05, 3.63) is 36.0 Å². The van der Waals surface area contributed by atoms with E-state index in [0.717, 1.165) is 12.1 Å². The van der Waals surface area contributed by atoms with Gasteiger partial charge in [0.1, 0.15) is 0 Å². The van der Waals surface area contributed by atoms with Crippen molar-refractivity contribution >= 4 is 16.7 Å². The number of nitrogens with one attached hydrogen (secondary N) is 1. The molecule has 1 aliphatic rings. The third-order valence-electron chi connectivity index (χ3n) is 3.28. The van der Waals surface area contributed by atoms with E-state index in [1.807, 2.05) is 19.2 Å². The summed E-state index contributed by atoms with van der Waals surface area (Å²) in [6, 6.07) is 8.10. The average Bonchev–Trinajstić information content (AvgIpc) is 2.84. The topological polar surface area (TPSA) is 34.0 Å². The van der Waals surface area contributed by atoms with Gasteiger partial charge in [0.05, 0.1) is 6.04 Å². The fourth-order valence-electron chi connectivity index (χ4n) is 2.48. The van der Waals surface area contributed by atoms with Gasteiger partial charge >= 0.3 is 0 Å². The SMILES string of the molecule is Cn1cc(C2NCCC2=O)c2ccccc21. The monoisotopic (exact) mass is 214 g/mol. The second kappa shape index (κ2) is 3.46. The molecule has 3 nitrogen and oxygen atoms in total. The zero-order chi connectivity index (χ0) is 11.1. The largest absolute Gasteiger partial charge is 0.350 e. The molecule has 0 amide bonds. The minimum atomic E-state index is -0.105. The first-order valence-electron chi connectivity index (χ1n) is 5.57. The van der Waals surface area contributed by atoms with Crippen molar-refractivity contribution in [2.45, 2.75) is 12.5 Å². The molecule has 3 heteroatoms. The summed E-state index contributed by atoms with van der Waals surface area (Å²) >= 11 is 0. The molecule has 1 saturated heterocycles. The van der Waals surface area contributed by atoms with Crippen molar-refractivity contribution in [2.24, 2.45) is 7.05 Å². The van der Waals surface area contributed by atoms with Crippen LogP contribution in [0.3, 0.4) is 0 Å². The van der Waals surface area contributed by atoms with E-state index in [2.05, 4.69) is 28.2 Å². The highest BCUT2D eigenvalue weighted by Gasteiger charge is 2.27. The molecule has 82 valence electrons. The molecule has 0 bridgehead atoms. The number of carbonyl (C=O) groups excluding carboxylic acids is 1. The predicted octanol–water partition coefficient (Wildman–Crippen LogP) is 1.78. The van der Waals surface area contributed by atoms with Gasteiger partial charge in [-0.1, -0.05) is 18.2 Å². The lowest BCUT2D eigenvalue weighted by molar-refractivity contribution is -0.118. The second-order valence-corrected chi connectivity index (χ2v) is 4.32. The number of hydrogen-bond donors (Lipinski definition) is 1. The molecule has 0 radical (unpaired) electrons. The first-order valence-corrected chi connectivity index (χ1v) is 5.57. The minimum Gasteiger partial charge on any atom is -0.350 e. The van der Waals surface area contributed by atoms with Crippen molar-refractivity contribution in [3.8, 4) is 0 Å². The van der Waals surface area contributed by atoms with Gasteiger partial charge in [0, 0.05) is 42.7 Å². The van der Waals surface area contributed by atoms with Crippen LogP contribution in [0.1, 0.15) is 18.0 Å².